The topological polar surface area (TPSA) is 185 Å². The van der Waals surface area contributed by atoms with E-state index in [9.17, 15) is 28.8 Å². The minimum Gasteiger partial charge on any atom is -0.431 e. The molecule has 3 aromatic carbocycles. The van der Waals surface area contributed by atoms with Crippen LogP contribution in [-0.4, -0.2) is 56.2 Å². The summed E-state index contributed by atoms with van der Waals surface area (Å²) in [6.45, 7) is 9.90. The Morgan fingerprint density at radius 3 is 0.980 bits per heavy atom. The van der Waals surface area contributed by atoms with Crippen molar-refractivity contribution >= 4 is 36.4 Å². The van der Waals surface area contributed by atoms with Crippen LogP contribution in [-0.2, 0) is 43.5 Å². The summed E-state index contributed by atoms with van der Waals surface area (Å²) in [4.78, 5) is 102. The van der Waals surface area contributed by atoms with Crippen LogP contribution in [0.4, 0.5) is 14.4 Å². The van der Waals surface area contributed by atoms with Crippen molar-refractivity contribution in [2.75, 3.05) is 19.8 Å². The van der Waals surface area contributed by atoms with Gasteiger partial charge in [0.05, 0.1) is 22.1 Å². The van der Waals surface area contributed by atoms with E-state index in [0.29, 0.717) is 16.7 Å². The molecule has 0 bridgehead atoms. The Morgan fingerprint density at radius 1 is 0.451 bits per heavy atom. The molecule has 0 unspecified atom stereocenters. The van der Waals surface area contributed by atoms with Crippen molar-refractivity contribution < 1.29 is 72.3 Å². The molecular weight excluding hydrogens is 672 g/mol. The quantitative estimate of drug-likeness (QED) is 0.0904. The van der Waals surface area contributed by atoms with Crippen molar-refractivity contribution in [3.8, 4) is 0 Å². The maximum atomic E-state index is 12.4. The Kier molecular flexibility index (Phi) is 13.9. The standard InChI is InChI=1S/C36H38O15/c1-8-36(18-43-33(40)49-46-30(37)27-15-21(2)9-12-24(27)5,19-44-34(41)50-47-31(38)28-16-22(3)10-13-25(28)6)20-45-35(42)51-48-32(39)29-17-23(4)11-14-26(29)7/h9-17H,8,18-20H2,1-7H3. The highest BCUT2D eigenvalue weighted by molar-refractivity contribution is 5.92. The van der Waals surface area contributed by atoms with Gasteiger partial charge in [-0.2, -0.15) is 14.4 Å². The van der Waals surface area contributed by atoms with Gasteiger partial charge in [-0.25, -0.2) is 43.7 Å². The molecule has 0 aliphatic carbocycles. The Labute approximate surface area is 293 Å². The third kappa shape index (κ3) is 11.8. The molecule has 0 aliphatic rings. The third-order valence-corrected chi connectivity index (χ3v) is 7.63. The first-order chi connectivity index (χ1) is 24.1. The summed E-state index contributed by atoms with van der Waals surface area (Å²) in [7, 11) is 0. The van der Waals surface area contributed by atoms with Gasteiger partial charge in [0.2, 0.25) is 0 Å². The lowest BCUT2D eigenvalue weighted by molar-refractivity contribution is -0.217. The van der Waals surface area contributed by atoms with Gasteiger partial charge in [-0.05, 0) is 82.9 Å². The fraction of sp³-hybridized carbons (Fsp3) is 0.333. The number of ether oxygens (including phenoxy) is 3. The normalized spacial score (nSPS) is 10.6. The zero-order chi connectivity index (χ0) is 37.7. The molecule has 0 saturated heterocycles. The molecule has 0 radical (unpaired) electrons. The second-order valence-corrected chi connectivity index (χ2v) is 11.8. The van der Waals surface area contributed by atoms with Gasteiger partial charge in [-0.1, -0.05) is 60.0 Å². The van der Waals surface area contributed by atoms with Crippen molar-refractivity contribution in [1.29, 1.82) is 0 Å². The van der Waals surface area contributed by atoms with E-state index >= 15 is 0 Å². The van der Waals surface area contributed by atoms with Crippen LogP contribution in [0.5, 0.6) is 0 Å². The number of carbonyl (C=O) groups excluding carboxylic acids is 6. The number of aryl methyl sites for hydroxylation is 6. The van der Waals surface area contributed by atoms with E-state index in [0.717, 1.165) is 16.7 Å². The van der Waals surface area contributed by atoms with Gasteiger partial charge in [0.1, 0.15) is 19.8 Å². The molecular formula is C36H38O15. The lowest BCUT2D eigenvalue weighted by Crippen LogP contribution is -2.39. The highest BCUT2D eigenvalue weighted by Crippen LogP contribution is 2.25. The van der Waals surface area contributed by atoms with E-state index in [4.69, 9.17) is 14.2 Å². The van der Waals surface area contributed by atoms with Crippen molar-refractivity contribution in [2.45, 2.75) is 54.9 Å². The maximum Gasteiger partial charge on any atom is 0.549 e. The molecule has 3 rings (SSSR count). The Hall–Kier alpha value is -6.12. The van der Waals surface area contributed by atoms with Gasteiger partial charge >= 0.3 is 36.4 Å². The summed E-state index contributed by atoms with van der Waals surface area (Å²) >= 11 is 0. The zero-order valence-electron chi connectivity index (χ0n) is 29.1. The smallest absolute Gasteiger partial charge is 0.431 e. The number of hydrogen-bond acceptors (Lipinski definition) is 15. The van der Waals surface area contributed by atoms with Gasteiger partial charge in [0, 0.05) is 0 Å². The van der Waals surface area contributed by atoms with Crippen molar-refractivity contribution in [1.82, 2.24) is 0 Å². The maximum absolute atomic E-state index is 12.4. The second-order valence-electron chi connectivity index (χ2n) is 11.8. The Morgan fingerprint density at radius 2 is 0.725 bits per heavy atom. The number of benzene rings is 3. The molecule has 0 fully saturated rings. The fourth-order valence-electron chi connectivity index (χ4n) is 4.36. The minimum atomic E-state index is -1.51. The highest BCUT2D eigenvalue weighted by atomic mass is 17.2. The first kappa shape index (κ1) is 39.3. The summed E-state index contributed by atoms with van der Waals surface area (Å²) in [5.41, 5.74) is 2.95. The predicted octanol–water partition coefficient (Wildman–Crippen LogP) is 7.01. The molecule has 0 spiro atoms. The van der Waals surface area contributed by atoms with Crippen molar-refractivity contribution in [3.63, 3.8) is 0 Å². The molecule has 51 heavy (non-hydrogen) atoms. The molecule has 3 aromatic rings. The van der Waals surface area contributed by atoms with Crippen LogP contribution >= 0.6 is 0 Å². The third-order valence-electron chi connectivity index (χ3n) is 7.63. The molecule has 0 saturated carbocycles. The minimum absolute atomic E-state index is 0.00760. The van der Waals surface area contributed by atoms with E-state index < -0.39 is 61.6 Å². The average molecular weight is 711 g/mol. The number of hydrogen-bond donors (Lipinski definition) is 0. The van der Waals surface area contributed by atoms with Crippen LogP contribution < -0.4 is 0 Å². The predicted molar refractivity (Wildman–Crippen MR) is 174 cm³/mol. The summed E-state index contributed by atoms with van der Waals surface area (Å²) in [6, 6.07) is 15.0. The lowest BCUT2D eigenvalue weighted by Gasteiger charge is -2.29. The lowest BCUT2D eigenvalue weighted by atomic mass is 9.88. The van der Waals surface area contributed by atoms with Gasteiger partial charge in [0.15, 0.2) is 0 Å². The molecule has 0 aliphatic heterocycles. The average Bonchev–Trinajstić information content (AvgIpc) is 3.11. The van der Waals surface area contributed by atoms with Crippen LogP contribution in [0.2, 0.25) is 0 Å². The van der Waals surface area contributed by atoms with Gasteiger partial charge in [0.25, 0.3) is 0 Å². The van der Waals surface area contributed by atoms with Gasteiger partial charge in [-0.3, -0.25) is 0 Å². The number of rotatable bonds is 10. The molecule has 15 heteroatoms. The summed E-state index contributed by atoms with van der Waals surface area (Å²) < 4.78 is 15.3. The second kappa shape index (κ2) is 18.0. The summed E-state index contributed by atoms with van der Waals surface area (Å²) in [6.07, 6.45) is -4.36. The Balaban J connectivity index is 1.63. The largest absolute Gasteiger partial charge is 0.549 e. The Bertz CT molecular complexity index is 1580. The molecule has 0 amide bonds. The van der Waals surface area contributed by atoms with Crippen LogP contribution in [0.25, 0.3) is 0 Å². The van der Waals surface area contributed by atoms with E-state index in [2.05, 4.69) is 29.3 Å². The van der Waals surface area contributed by atoms with E-state index in [1.165, 1.54) is 0 Å². The van der Waals surface area contributed by atoms with Crippen LogP contribution in [0.15, 0.2) is 54.6 Å². The summed E-state index contributed by atoms with van der Waals surface area (Å²) in [5.74, 6) is -2.88. The van der Waals surface area contributed by atoms with E-state index in [1.54, 1.807) is 103 Å². The van der Waals surface area contributed by atoms with Gasteiger partial charge < -0.3 is 14.2 Å². The fourth-order valence-corrected chi connectivity index (χ4v) is 4.36. The molecule has 272 valence electrons. The monoisotopic (exact) mass is 710 g/mol. The molecule has 15 nitrogen and oxygen atoms in total. The van der Waals surface area contributed by atoms with Crippen molar-refractivity contribution in [3.05, 3.63) is 105 Å². The van der Waals surface area contributed by atoms with Crippen LogP contribution in [0.3, 0.4) is 0 Å². The van der Waals surface area contributed by atoms with Crippen LogP contribution in [0.1, 0.15) is 77.8 Å². The first-order valence-corrected chi connectivity index (χ1v) is 15.5. The van der Waals surface area contributed by atoms with Crippen LogP contribution in [0, 0.1) is 47.0 Å². The zero-order valence-corrected chi connectivity index (χ0v) is 29.1. The first-order valence-electron chi connectivity index (χ1n) is 15.5. The highest BCUT2D eigenvalue weighted by Gasteiger charge is 2.36. The van der Waals surface area contributed by atoms with E-state index in [-0.39, 0.29) is 23.1 Å². The molecule has 0 aromatic heterocycles. The number of carbonyl (C=O) groups is 6. The SMILES string of the molecule is CCC(COC(=O)OOC(=O)c1cc(C)ccc1C)(COC(=O)OOC(=O)c1cc(C)ccc1C)COC(=O)OOC(=O)c1cc(C)ccc1C. The molecule has 0 N–H and O–H groups in total. The van der Waals surface area contributed by atoms with E-state index in [1.807, 2.05) is 0 Å². The van der Waals surface area contributed by atoms with Gasteiger partial charge in [-0.15, -0.1) is 0 Å². The van der Waals surface area contributed by atoms with Crippen molar-refractivity contribution in [2.24, 2.45) is 5.41 Å². The molecule has 0 atom stereocenters. The summed E-state index contributed by atoms with van der Waals surface area (Å²) in [5, 5.41) is 0. The molecule has 0 heterocycles.